The molecule has 1 aliphatic carbocycles. The van der Waals surface area contributed by atoms with Crippen LogP contribution in [0.2, 0.25) is 0 Å². The van der Waals surface area contributed by atoms with Gasteiger partial charge in [-0.15, -0.1) is 0 Å². The van der Waals surface area contributed by atoms with Crippen LogP contribution in [-0.4, -0.2) is 59.5 Å². The Bertz CT molecular complexity index is 1230. The average molecular weight is 470 g/mol. The Balaban J connectivity index is 1.19. The number of benzene rings is 2. The molecular weight excluding hydrogens is 442 g/mol. The van der Waals surface area contributed by atoms with Crippen molar-refractivity contribution in [2.24, 2.45) is 0 Å². The molecule has 0 radical (unpaired) electrons. The SMILES string of the molecule is CCOc1ncc(C2=CC3COCC(C2)N3C(=O)OCC2c3ccccc3-c3ccccc32)cn1. The van der Waals surface area contributed by atoms with Crippen LogP contribution in [0, 0.1) is 0 Å². The zero-order valence-corrected chi connectivity index (χ0v) is 19.6. The predicted octanol–water partition coefficient (Wildman–Crippen LogP) is 4.68. The zero-order valence-electron chi connectivity index (χ0n) is 19.6. The predicted molar refractivity (Wildman–Crippen MR) is 131 cm³/mol. The molecule has 3 aliphatic rings. The van der Waals surface area contributed by atoms with Crippen molar-refractivity contribution in [3.63, 3.8) is 0 Å². The van der Waals surface area contributed by atoms with Gasteiger partial charge in [-0.1, -0.05) is 54.6 Å². The summed E-state index contributed by atoms with van der Waals surface area (Å²) in [7, 11) is 0. The third-order valence-electron chi connectivity index (χ3n) is 7.02. The van der Waals surface area contributed by atoms with Gasteiger partial charge in [0.25, 0.3) is 0 Å². The number of hydrogen-bond acceptors (Lipinski definition) is 6. The molecule has 2 atom stereocenters. The summed E-state index contributed by atoms with van der Waals surface area (Å²) >= 11 is 0. The lowest BCUT2D eigenvalue weighted by Gasteiger charge is -2.43. The number of aromatic nitrogens is 2. The van der Waals surface area contributed by atoms with Crippen LogP contribution in [-0.2, 0) is 9.47 Å². The quantitative estimate of drug-likeness (QED) is 0.540. The first-order chi connectivity index (χ1) is 17.2. The largest absolute Gasteiger partial charge is 0.464 e. The van der Waals surface area contributed by atoms with Crippen LogP contribution in [0.3, 0.4) is 0 Å². The van der Waals surface area contributed by atoms with Crippen molar-refractivity contribution < 1.29 is 19.0 Å². The minimum Gasteiger partial charge on any atom is -0.464 e. The lowest BCUT2D eigenvalue weighted by atomic mass is 9.91. The van der Waals surface area contributed by atoms with E-state index in [2.05, 4.69) is 52.4 Å². The molecule has 2 aliphatic heterocycles. The minimum absolute atomic E-state index is 0.0411. The highest BCUT2D eigenvalue weighted by Gasteiger charge is 2.40. The average Bonchev–Trinajstić information content (AvgIpc) is 3.21. The first-order valence-electron chi connectivity index (χ1n) is 12.1. The normalized spacial score (nSPS) is 20.6. The number of rotatable bonds is 5. The minimum atomic E-state index is -0.289. The number of hydrogen-bond donors (Lipinski definition) is 0. The molecule has 0 saturated carbocycles. The van der Waals surface area contributed by atoms with Gasteiger partial charge < -0.3 is 14.2 Å². The molecule has 0 spiro atoms. The molecule has 7 nitrogen and oxygen atoms in total. The third-order valence-corrected chi connectivity index (χ3v) is 7.02. The van der Waals surface area contributed by atoms with Gasteiger partial charge in [0.1, 0.15) is 6.61 Å². The maximum Gasteiger partial charge on any atom is 0.410 e. The molecule has 3 aromatic rings. The molecule has 35 heavy (non-hydrogen) atoms. The Kier molecular flexibility index (Phi) is 5.70. The molecular formula is C28H27N3O4. The monoisotopic (exact) mass is 469 g/mol. The van der Waals surface area contributed by atoms with Gasteiger partial charge >= 0.3 is 12.1 Å². The third kappa shape index (κ3) is 3.96. The number of carbonyl (C=O) groups excluding carboxylic acids is 1. The fourth-order valence-electron chi connectivity index (χ4n) is 5.45. The van der Waals surface area contributed by atoms with Crippen LogP contribution in [0.15, 0.2) is 67.0 Å². The molecule has 1 saturated heterocycles. The van der Waals surface area contributed by atoms with Crippen molar-refractivity contribution in [1.29, 1.82) is 0 Å². The smallest absolute Gasteiger partial charge is 0.410 e. The number of carbonyl (C=O) groups is 1. The van der Waals surface area contributed by atoms with Gasteiger partial charge in [-0.2, -0.15) is 0 Å². The summed E-state index contributed by atoms with van der Waals surface area (Å²) in [6.07, 6.45) is 6.02. The molecule has 6 rings (SSSR count). The van der Waals surface area contributed by atoms with Gasteiger partial charge in [0.2, 0.25) is 0 Å². The van der Waals surface area contributed by atoms with Gasteiger partial charge in [0.05, 0.1) is 31.9 Å². The fraction of sp³-hybridized carbons (Fsp3) is 0.321. The van der Waals surface area contributed by atoms with E-state index in [-0.39, 0.29) is 24.1 Å². The lowest BCUT2D eigenvalue weighted by molar-refractivity contribution is -0.0331. The van der Waals surface area contributed by atoms with Crippen molar-refractivity contribution in [1.82, 2.24) is 14.9 Å². The Morgan fingerprint density at radius 1 is 1.03 bits per heavy atom. The van der Waals surface area contributed by atoms with Crippen LogP contribution < -0.4 is 4.74 Å². The number of fused-ring (bicyclic) bond motifs is 5. The van der Waals surface area contributed by atoms with E-state index >= 15 is 0 Å². The molecule has 178 valence electrons. The number of ether oxygens (including phenoxy) is 3. The standard InChI is InChI=1S/C28H27N3O4/c1-2-34-27-29-13-19(14-30-27)18-11-20-15-33-16-21(12-18)31(20)28(32)35-17-26-24-9-5-3-7-22(24)23-8-4-6-10-25(23)26/h3-11,13-14,20-21,26H,2,12,15-17H2,1H3. The van der Waals surface area contributed by atoms with Crippen molar-refractivity contribution in [2.75, 3.05) is 26.4 Å². The van der Waals surface area contributed by atoms with Gasteiger partial charge in [-0.25, -0.2) is 14.8 Å². The summed E-state index contributed by atoms with van der Waals surface area (Å²) in [5.41, 5.74) is 6.92. The highest BCUT2D eigenvalue weighted by atomic mass is 16.6. The molecule has 1 aromatic heterocycles. The van der Waals surface area contributed by atoms with Crippen LogP contribution in [0.5, 0.6) is 6.01 Å². The van der Waals surface area contributed by atoms with E-state index in [9.17, 15) is 4.79 Å². The highest BCUT2D eigenvalue weighted by Crippen LogP contribution is 2.44. The van der Waals surface area contributed by atoms with E-state index in [1.54, 1.807) is 12.4 Å². The maximum absolute atomic E-state index is 13.3. The molecule has 1 amide bonds. The second-order valence-corrected chi connectivity index (χ2v) is 9.05. The van der Waals surface area contributed by atoms with Crippen molar-refractivity contribution in [2.45, 2.75) is 31.3 Å². The summed E-state index contributed by atoms with van der Waals surface area (Å²) in [4.78, 5) is 23.8. The van der Waals surface area contributed by atoms with E-state index in [0.717, 1.165) is 11.1 Å². The second-order valence-electron chi connectivity index (χ2n) is 9.05. The molecule has 2 bridgehead atoms. The number of nitrogens with zero attached hydrogens (tertiary/aromatic N) is 3. The van der Waals surface area contributed by atoms with Crippen LogP contribution in [0.4, 0.5) is 4.79 Å². The second kappa shape index (κ2) is 9.15. The molecule has 0 N–H and O–H groups in total. The molecule has 2 unspecified atom stereocenters. The fourth-order valence-corrected chi connectivity index (χ4v) is 5.45. The van der Waals surface area contributed by atoms with Gasteiger partial charge in [-0.05, 0) is 41.2 Å². The first-order valence-corrected chi connectivity index (χ1v) is 12.1. The van der Waals surface area contributed by atoms with Gasteiger partial charge in [0, 0.05) is 23.9 Å². The maximum atomic E-state index is 13.3. The zero-order chi connectivity index (χ0) is 23.8. The summed E-state index contributed by atoms with van der Waals surface area (Å²) < 4.78 is 17.1. The molecule has 3 heterocycles. The molecule has 1 fully saturated rings. The Labute approximate surface area is 204 Å². The molecule has 7 heteroatoms. The lowest BCUT2D eigenvalue weighted by Crippen LogP contribution is -2.56. The van der Waals surface area contributed by atoms with Crippen LogP contribution in [0.1, 0.15) is 36.0 Å². The first kappa shape index (κ1) is 21.8. The van der Waals surface area contributed by atoms with E-state index in [4.69, 9.17) is 14.2 Å². The Morgan fingerprint density at radius 3 is 2.37 bits per heavy atom. The van der Waals surface area contributed by atoms with Crippen molar-refractivity contribution >= 4 is 11.7 Å². The Morgan fingerprint density at radius 2 is 1.71 bits per heavy atom. The summed E-state index contributed by atoms with van der Waals surface area (Å²) in [6.45, 7) is 3.67. The van der Waals surface area contributed by atoms with E-state index in [1.165, 1.54) is 22.3 Å². The summed E-state index contributed by atoms with van der Waals surface area (Å²) in [5, 5.41) is 0. The summed E-state index contributed by atoms with van der Waals surface area (Å²) in [5.74, 6) is 0.0411. The van der Waals surface area contributed by atoms with Gasteiger partial charge in [-0.3, -0.25) is 4.90 Å². The van der Waals surface area contributed by atoms with E-state index in [1.807, 2.05) is 24.0 Å². The molecule has 2 aromatic carbocycles. The van der Waals surface area contributed by atoms with E-state index in [0.29, 0.717) is 38.9 Å². The summed E-state index contributed by atoms with van der Waals surface area (Å²) in [6, 6.07) is 16.8. The number of morpholine rings is 1. The highest BCUT2D eigenvalue weighted by molar-refractivity contribution is 5.79. The van der Waals surface area contributed by atoms with Crippen molar-refractivity contribution in [3.05, 3.63) is 83.7 Å². The van der Waals surface area contributed by atoms with Crippen LogP contribution >= 0.6 is 0 Å². The van der Waals surface area contributed by atoms with E-state index < -0.39 is 0 Å². The Hall–Kier alpha value is -3.71. The van der Waals surface area contributed by atoms with Gasteiger partial charge in [0.15, 0.2) is 0 Å². The number of amides is 1. The van der Waals surface area contributed by atoms with Crippen molar-refractivity contribution in [3.8, 4) is 17.1 Å². The topological polar surface area (TPSA) is 73.8 Å². The van der Waals surface area contributed by atoms with Crippen LogP contribution in [0.25, 0.3) is 16.7 Å².